The number of rotatable bonds is 3. The predicted octanol–water partition coefficient (Wildman–Crippen LogP) is 2.16. The van der Waals surface area contributed by atoms with Gasteiger partial charge in [0.25, 0.3) is 5.56 Å². The molecule has 2 aromatic heterocycles. The van der Waals surface area contributed by atoms with Gasteiger partial charge in [-0.3, -0.25) is 4.79 Å². The van der Waals surface area contributed by atoms with Gasteiger partial charge in [0.1, 0.15) is 0 Å². The summed E-state index contributed by atoms with van der Waals surface area (Å²) in [7, 11) is 0. The lowest BCUT2D eigenvalue weighted by Crippen LogP contribution is -2.11. The van der Waals surface area contributed by atoms with Crippen LogP contribution < -0.4 is 5.56 Å². The summed E-state index contributed by atoms with van der Waals surface area (Å²) in [5.41, 5.74) is 3.25. The smallest absolute Gasteiger partial charge is 0.335 e. The van der Waals surface area contributed by atoms with Crippen LogP contribution >= 0.6 is 0 Å². The Morgan fingerprint density at radius 3 is 2.68 bits per heavy atom. The average molecular weight is 297 g/mol. The maximum atomic E-state index is 11.9. The molecule has 0 saturated heterocycles. The van der Waals surface area contributed by atoms with E-state index >= 15 is 0 Å². The molecular formula is C16H15N3O3. The molecule has 1 aromatic carbocycles. The van der Waals surface area contributed by atoms with Crippen LogP contribution in [-0.4, -0.2) is 26.3 Å². The van der Waals surface area contributed by atoms with Crippen LogP contribution in [0.5, 0.6) is 0 Å². The lowest BCUT2D eigenvalue weighted by atomic mass is 10.0. The van der Waals surface area contributed by atoms with E-state index in [1.54, 1.807) is 18.2 Å². The normalized spacial score (nSPS) is 11.0. The van der Waals surface area contributed by atoms with Crippen molar-refractivity contribution in [1.82, 2.24) is 15.2 Å². The highest BCUT2D eigenvalue weighted by atomic mass is 16.4. The van der Waals surface area contributed by atoms with Crippen LogP contribution in [0.1, 0.15) is 33.0 Å². The van der Waals surface area contributed by atoms with Gasteiger partial charge in [-0.1, -0.05) is 12.1 Å². The summed E-state index contributed by atoms with van der Waals surface area (Å²) in [6.45, 7) is 3.74. The van der Waals surface area contributed by atoms with Gasteiger partial charge in [-0.2, -0.15) is 5.10 Å². The van der Waals surface area contributed by atoms with Crippen molar-refractivity contribution in [2.24, 2.45) is 0 Å². The number of aromatic carboxylic acids is 1. The molecule has 0 spiro atoms. The zero-order valence-corrected chi connectivity index (χ0v) is 12.2. The van der Waals surface area contributed by atoms with E-state index in [4.69, 9.17) is 5.11 Å². The van der Waals surface area contributed by atoms with E-state index < -0.39 is 5.97 Å². The Bertz CT molecular complexity index is 937. The fourth-order valence-corrected chi connectivity index (χ4v) is 2.79. The molecule has 0 amide bonds. The Morgan fingerprint density at radius 1 is 1.23 bits per heavy atom. The molecule has 0 atom stereocenters. The van der Waals surface area contributed by atoms with Crippen molar-refractivity contribution in [3.05, 3.63) is 62.8 Å². The van der Waals surface area contributed by atoms with Gasteiger partial charge in [-0.15, -0.1) is 0 Å². The number of nitrogens with zero attached hydrogens (tertiary/aromatic N) is 1. The Morgan fingerprint density at radius 2 is 1.95 bits per heavy atom. The Labute approximate surface area is 125 Å². The van der Waals surface area contributed by atoms with E-state index in [2.05, 4.69) is 15.2 Å². The Kier molecular flexibility index (Phi) is 3.29. The van der Waals surface area contributed by atoms with E-state index in [9.17, 15) is 9.59 Å². The third-order valence-electron chi connectivity index (χ3n) is 3.73. The number of aromatic nitrogens is 3. The highest BCUT2D eigenvalue weighted by molar-refractivity contribution is 5.89. The van der Waals surface area contributed by atoms with Crippen LogP contribution in [-0.2, 0) is 6.42 Å². The van der Waals surface area contributed by atoms with Crippen LogP contribution in [0.2, 0.25) is 0 Å². The summed E-state index contributed by atoms with van der Waals surface area (Å²) in [6.07, 6.45) is 0.451. The van der Waals surface area contributed by atoms with Gasteiger partial charge in [0.15, 0.2) is 0 Å². The summed E-state index contributed by atoms with van der Waals surface area (Å²) in [4.78, 5) is 26.2. The number of hydrogen-bond acceptors (Lipinski definition) is 3. The van der Waals surface area contributed by atoms with E-state index in [1.807, 2.05) is 19.9 Å². The number of benzene rings is 1. The van der Waals surface area contributed by atoms with Gasteiger partial charge in [0.05, 0.1) is 16.6 Å². The summed E-state index contributed by atoms with van der Waals surface area (Å²) >= 11 is 0. The minimum Gasteiger partial charge on any atom is -0.478 e. The molecule has 3 N–H and O–H groups in total. The predicted molar refractivity (Wildman–Crippen MR) is 82.4 cm³/mol. The van der Waals surface area contributed by atoms with Crippen LogP contribution in [0.3, 0.4) is 0 Å². The second-order valence-electron chi connectivity index (χ2n) is 5.31. The van der Waals surface area contributed by atoms with Crippen molar-refractivity contribution < 1.29 is 9.90 Å². The first-order chi connectivity index (χ1) is 10.5. The lowest BCUT2D eigenvalue weighted by molar-refractivity contribution is 0.0697. The third-order valence-corrected chi connectivity index (χ3v) is 3.73. The van der Waals surface area contributed by atoms with Crippen LogP contribution in [0.4, 0.5) is 0 Å². The van der Waals surface area contributed by atoms with E-state index in [0.717, 1.165) is 28.0 Å². The monoisotopic (exact) mass is 297 g/mol. The number of aryl methyl sites for hydroxylation is 2. The molecule has 0 radical (unpaired) electrons. The minimum atomic E-state index is -0.963. The zero-order valence-electron chi connectivity index (χ0n) is 12.2. The van der Waals surface area contributed by atoms with Crippen molar-refractivity contribution >= 4 is 16.7 Å². The third kappa shape index (κ3) is 2.28. The number of nitrogens with one attached hydrogen (secondary N) is 2. The first-order valence-corrected chi connectivity index (χ1v) is 6.86. The van der Waals surface area contributed by atoms with Crippen molar-refractivity contribution in [1.29, 1.82) is 0 Å². The van der Waals surface area contributed by atoms with Crippen molar-refractivity contribution in [3.8, 4) is 0 Å². The summed E-state index contributed by atoms with van der Waals surface area (Å²) in [6, 6.07) is 6.72. The second kappa shape index (κ2) is 5.14. The molecule has 6 nitrogen and oxygen atoms in total. The van der Waals surface area contributed by atoms with E-state index in [1.165, 1.54) is 0 Å². The second-order valence-corrected chi connectivity index (χ2v) is 5.31. The van der Waals surface area contributed by atoms with Gasteiger partial charge in [0, 0.05) is 23.2 Å². The van der Waals surface area contributed by atoms with Crippen molar-refractivity contribution in [2.45, 2.75) is 20.3 Å². The largest absolute Gasteiger partial charge is 0.478 e. The van der Waals surface area contributed by atoms with Gasteiger partial charge < -0.3 is 10.1 Å². The molecular weight excluding hydrogens is 282 g/mol. The number of aromatic amines is 2. The van der Waals surface area contributed by atoms with Gasteiger partial charge in [-0.25, -0.2) is 9.89 Å². The SMILES string of the molecule is Cc1[nH]c(C)c2c(=O)[nH]nc(Cc3cccc(C(=O)O)c3)c12. The average Bonchev–Trinajstić information content (AvgIpc) is 2.78. The van der Waals surface area contributed by atoms with Crippen molar-refractivity contribution in [3.63, 3.8) is 0 Å². The highest BCUT2D eigenvalue weighted by Crippen LogP contribution is 2.23. The number of carbonyl (C=O) groups is 1. The first-order valence-electron chi connectivity index (χ1n) is 6.86. The Hall–Kier alpha value is -2.89. The van der Waals surface area contributed by atoms with Gasteiger partial charge in [0.2, 0.25) is 0 Å². The van der Waals surface area contributed by atoms with Crippen LogP contribution in [0, 0.1) is 13.8 Å². The fraction of sp³-hybridized carbons (Fsp3) is 0.188. The Balaban J connectivity index is 2.12. The summed E-state index contributed by atoms with van der Waals surface area (Å²) in [5, 5.41) is 17.1. The number of hydrogen-bond donors (Lipinski definition) is 3. The quantitative estimate of drug-likeness (QED) is 0.689. The number of H-pyrrole nitrogens is 2. The molecule has 0 aliphatic heterocycles. The molecule has 0 saturated carbocycles. The first kappa shape index (κ1) is 14.1. The maximum absolute atomic E-state index is 11.9. The minimum absolute atomic E-state index is 0.222. The fourth-order valence-electron chi connectivity index (χ4n) is 2.79. The molecule has 2 heterocycles. The van der Waals surface area contributed by atoms with Gasteiger partial charge in [-0.05, 0) is 31.5 Å². The van der Waals surface area contributed by atoms with E-state index in [0.29, 0.717) is 11.8 Å². The molecule has 22 heavy (non-hydrogen) atoms. The van der Waals surface area contributed by atoms with Crippen molar-refractivity contribution in [2.75, 3.05) is 0 Å². The molecule has 112 valence electrons. The molecule has 0 aliphatic carbocycles. The van der Waals surface area contributed by atoms with Gasteiger partial charge >= 0.3 is 5.97 Å². The summed E-state index contributed by atoms with van der Waals surface area (Å²) < 4.78 is 0. The molecule has 0 fully saturated rings. The molecule has 6 heteroatoms. The highest BCUT2D eigenvalue weighted by Gasteiger charge is 2.14. The number of carboxylic acid groups (broad SMARTS) is 1. The molecule has 0 bridgehead atoms. The van der Waals surface area contributed by atoms with Crippen LogP contribution in [0.15, 0.2) is 29.1 Å². The maximum Gasteiger partial charge on any atom is 0.335 e. The molecule has 0 aliphatic rings. The number of carboxylic acids is 1. The molecule has 0 unspecified atom stereocenters. The van der Waals surface area contributed by atoms with E-state index in [-0.39, 0.29) is 11.1 Å². The topological polar surface area (TPSA) is 98.8 Å². The number of fused-ring (bicyclic) bond motifs is 1. The molecule has 3 aromatic rings. The van der Waals surface area contributed by atoms with Crippen LogP contribution in [0.25, 0.3) is 10.8 Å². The summed E-state index contributed by atoms with van der Waals surface area (Å²) in [5.74, 6) is -0.963. The zero-order chi connectivity index (χ0) is 15.9. The lowest BCUT2D eigenvalue weighted by Gasteiger charge is -2.05. The molecule has 3 rings (SSSR count). The standard InChI is InChI=1S/C16H15N3O3/c1-8-13-12(18-19-15(20)14(13)9(2)17-8)7-10-4-3-5-11(6-10)16(21)22/h3-6,17H,7H2,1-2H3,(H,19,20)(H,21,22).